The molecule has 0 amide bonds. The molecule has 0 bridgehead atoms. The third kappa shape index (κ3) is 6.67. The highest BCUT2D eigenvalue weighted by Crippen LogP contribution is 2.30. The fraction of sp³-hybridized carbons (Fsp3) is 0.270. The zero-order valence-electron chi connectivity index (χ0n) is 27.1. The number of carboxylic acids is 1. The molecular formula is C37H31F3N6O5. The van der Waals surface area contributed by atoms with Crippen molar-refractivity contribution in [1.29, 1.82) is 0 Å². The smallest absolute Gasteiger partial charge is 0.335 e. The van der Waals surface area contributed by atoms with Crippen molar-refractivity contribution in [1.82, 2.24) is 29.5 Å². The Balaban J connectivity index is 0.984. The first-order chi connectivity index (χ1) is 24.8. The van der Waals surface area contributed by atoms with E-state index in [2.05, 4.69) is 20.3 Å². The van der Waals surface area contributed by atoms with E-state index in [1.54, 1.807) is 41.2 Å². The zero-order valence-corrected chi connectivity index (χ0v) is 27.1. The minimum atomic E-state index is -1.08. The van der Waals surface area contributed by atoms with Gasteiger partial charge < -0.3 is 23.9 Å². The molecule has 260 valence electrons. The third-order valence-electron chi connectivity index (χ3n) is 9.25. The van der Waals surface area contributed by atoms with Gasteiger partial charge >= 0.3 is 5.97 Å². The molecule has 3 aromatic heterocycles. The van der Waals surface area contributed by atoms with Gasteiger partial charge in [0, 0.05) is 42.4 Å². The van der Waals surface area contributed by atoms with Crippen LogP contribution in [0.25, 0.3) is 33.5 Å². The van der Waals surface area contributed by atoms with Crippen LogP contribution in [0.5, 0.6) is 5.88 Å². The van der Waals surface area contributed by atoms with Gasteiger partial charge in [0.1, 0.15) is 35.6 Å². The maximum Gasteiger partial charge on any atom is 0.335 e. The quantitative estimate of drug-likeness (QED) is 0.164. The molecule has 0 spiro atoms. The van der Waals surface area contributed by atoms with E-state index in [0.29, 0.717) is 54.5 Å². The van der Waals surface area contributed by atoms with E-state index >= 15 is 13.2 Å². The van der Waals surface area contributed by atoms with E-state index in [1.165, 1.54) is 24.3 Å². The van der Waals surface area contributed by atoms with Crippen molar-refractivity contribution in [2.24, 2.45) is 0 Å². The molecule has 2 atom stereocenters. The van der Waals surface area contributed by atoms with Crippen LogP contribution in [0.1, 0.15) is 46.2 Å². The average Bonchev–Trinajstić information content (AvgIpc) is 3.88. The second kappa shape index (κ2) is 13.6. The monoisotopic (exact) mass is 696 g/mol. The first kappa shape index (κ1) is 32.6. The third-order valence-corrected chi connectivity index (χ3v) is 9.25. The second-order valence-electron chi connectivity index (χ2n) is 12.6. The molecule has 5 heterocycles. The number of carbonyl (C=O) groups is 1. The largest absolute Gasteiger partial charge is 0.478 e. The number of pyridine rings is 1. The maximum absolute atomic E-state index is 15.6. The lowest BCUT2D eigenvalue weighted by Crippen LogP contribution is -2.31. The van der Waals surface area contributed by atoms with Crippen LogP contribution in [0, 0.1) is 17.5 Å². The Kier molecular flexibility index (Phi) is 8.70. The van der Waals surface area contributed by atoms with E-state index in [0.717, 1.165) is 25.0 Å². The zero-order chi connectivity index (χ0) is 35.1. The van der Waals surface area contributed by atoms with Crippen molar-refractivity contribution in [3.8, 4) is 28.4 Å². The lowest BCUT2D eigenvalue weighted by atomic mass is 10.0. The summed E-state index contributed by atoms with van der Waals surface area (Å²) < 4.78 is 66.7. The summed E-state index contributed by atoms with van der Waals surface area (Å²) in [5.74, 6) is -2.38. The molecule has 2 aliphatic rings. The van der Waals surface area contributed by atoms with Crippen LogP contribution in [-0.2, 0) is 29.0 Å². The van der Waals surface area contributed by atoms with Gasteiger partial charge in [0.25, 0.3) is 0 Å². The number of halogens is 3. The van der Waals surface area contributed by atoms with Crippen LogP contribution >= 0.6 is 0 Å². The van der Waals surface area contributed by atoms with E-state index in [9.17, 15) is 9.90 Å². The number of imidazole rings is 1. The van der Waals surface area contributed by atoms with Crippen molar-refractivity contribution >= 4 is 17.0 Å². The Hall–Kier alpha value is -5.60. The first-order valence-corrected chi connectivity index (χ1v) is 16.5. The number of rotatable bonds is 11. The standard InChI is InChI=1S/C37H31F3N6O5/c38-28-12-21(33-18-46(44-43-33)25-8-10-49-20-25)4-5-23(28)19-51-36-3-1-2-31(42-36)27-16-29(39)24(13-30(27)40)15-35-41-32-7-6-22(37(47)48)14-34(32)45(35)17-26-9-11-50-26/h1-7,12-14,16,18,25-26H,8-11,15,17,19-20H2,(H,47,48). The molecule has 8 rings (SSSR count). The molecule has 11 nitrogen and oxygen atoms in total. The Morgan fingerprint density at radius 1 is 0.922 bits per heavy atom. The molecule has 2 saturated heterocycles. The molecule has 2 fully saturated rings. The number of aromatic carboxylic acids is 1. The Morgan fingerprint density at radius 2 is 1.78 bits per heavy atom. The number of ether oxygens (including phenoxy) is 3. The molecule has 6 aromatic rings. The fourth-order valence-electron chi connectivity index (χ4n) is 6.31. The first-order valence-electron chi connectivity index (χ1n) is 16.5. The van der Waals surface area contributed by atoms with E-state index < -0.39 is 23.4 Å². The number of hydrogen-bond acceptors (Lipinski definition) is 8. The predicted molar refractivity (Wildman–Crippen MR) is 178 cm³/mol. The van der Waals surface area contributed by atoms with E-state index in [4.69, 9.17) is 14.2 Å². The van der Waals surface area contributed by atoms with Gasteiger partial charge in [0.15, 0.2) is 0 Å². The molecule has 0 saturated carbocycles. The van der Waals surface area contributed by atoms with Crippen molar-refractivity contribution in [3.63, 3.8) is 0 Å². The van der Waals surface area contributed by atoms with Gasteiger partial charge in [-0.1, -0.05) is 23.4 Å². The van der Waals surface area contributed by atoms with E-state index in [-0.39, 0.29) is 59.0 Å². The predicted octanol–water partition coefficient (Wildman–Crippen LogP) is 6.39. The summed E-state index contributed by atoms with van der Waals surface area (Å²) >= 11 is 0. The highest BCUT2D eigenvalue weighted by molar-refractivity contribution is 5.92. The summed E-state index contributed by atoms with van der Waals surface area (Å²) in [6.07, 6.45) is 3.32. The molecule has 51 heavy (non-hydrogen) atoms. The Morgan fingerprint density at radius 3 is 2.55 bits per heavy atom. The minimum Gasteiger partial charge on any atom is -0.478 e. The SMILES string of the molecule is O=C(O)c1ccc2nc(Cc3cc(F)c(-c4cccc(OCc5ccc(-c6cn(C7CCOC7)nn6)cc5F)n4)cc3F)n(CC3CCO3)c2c1. The van der Waals surface area contributed by atoms with Gasteiger partial charge in [0.2, 0.25) is 5.88 Å². The van der Waals surface area contributed by atoms with Gasteiger partial charge in [-0.2, -0.15) is 0 Å². The van der Waals surface area contributed by atoms with Crippen LogP contribution in [0.2, 0.25) is 0 Å². The van der Waals surface area contributed by atoms with Crippen LogP contribution in [-0.4, -0.2) is 66.5 Å². The summed E-state index contributed by atoms with van der Waals surface area (Å²) in [7, 11) is 0. The van der Waals surface area contributed by atoms with Crippen LogP contribution in [0.3, 0.4) is 0 Å². The van der Waals surface area contributed by atoms with Crippen molar-refractivity contribution in [2.45, 2.75) is 44.6 Å². The highest BCUT2D eigenvalue weighted by Gasteiger charge is 2.24. The van der Waals surface area contributed by atoms with Gasteiger partial charge in [0.05, 0.1) is 53.8 Å². The highest BCUT2D eigenvalue weighted by atomic mass is 19.1. The molecule has 1 N–H and O–H groups in total. The molecule has 2 unspecified atom stereocenters. The fourth-order valence-corrected chi connectivity index (χ4v) is 6.31. The van der Waals surface area contributed by atoms with Gasteiger partial charge in [-0.25, -0.2) is 32.6 Å². The van der Waals surface area contributed by atoms with Gasteiger partial charge in [-0.3, -0.25) is 0 Å². The summed E-state index contributed by atoms with van der Waals surface area (Å²) in [6.45, 7) is 2.12. The summed E-state index contributed by atoms with van der Waals surface area (Å²) in [4.78, 5) is 20.6. The Bertz CT molecular complexity index is 2260. The van der Waals surface area contributed by atoms with Crippen molar-refractivity contribution in [2.75, 3.05) is 19.8 Å². The van der Waals surface area contributed by atoms with Crippen molar-refractivity contribution < 1.29 is 37.3 Å². The molecule has 14 heteroatoms. The number of nitrogens with zero attached hydrogens (tertiary/aromatic N) is 6. The lowest BCUT2D eigenvalue weighted by molar-refractivity contribution is -0.0589. The van der Waals surface area contributed by atoms with Crippen molar-refractivity contribution in [3.05, 3.63) is 113 Å². The Labute approximate surface area is 289 Å². The number of aromatic nitrogens is 6. The molecule has 2 aliphatic heterocycles. The number of fused-ring (bicyclic) bond motifs is 1. The normalized spacial score (nSPS) is 17.2. The number of hydrogen-bond donors (Lipinski definition) is 1. The van der Waals surface area contributed by atoms with Gasteiger partial charge in [-0.15, -0.1) is 5.10 Å². The summed E-state index contributed by atoms with van der Waals surface area (Å²) in [5.41, 5.74) is 2.74. The maximum atomic E-state index is 15.6. The van der Waals surface area contributed by atoms with Gasteiger partial charge in [-0.05, 0) is 60.9 Å². The minimum absolute atomic E-state index is 0.0400. The summed E-state index contributed by atoms with van der Waals surface area (Å²) in [6, 6.07) is 16.3. The molecule has 0 radical (unpaired) electrons. The molecule has 3 aromatic carbocycles. The lowest BCUT2D eigenvalue weighted by Gasteiger charge is -2.27. The summed E-state index contributed by atoms with van der Waals surface area (Å²) in [5, 5.41) is 17.8. The van der Waals surface area contributed by atoms with Crippen LogP contribution in [0.4, 0.5) is 13.2 Å². The number of carboxylic acid groups (broad SMARTS) is 1. The molecular weight excluding hydrogens is 665 g/mol. The van der Waals surface area contributed by atoms with E-state index in [1.807, 2.05) is 4.57 Å². The average molecular weight is 697 g/mol. The van der Waals surface area contributed by atoms with Crippen LogP contribution < -0.4 is 4.74 Å². The number of benzene rings is 3. The second-order valence-corrected chi connectivity index (χ2v) is 12.6. The molecule has 0 aliphatic carbocycles. The van der Waals surface area contributed by atoms with Crippen LogP contribution in [0.15, 0.2) is 72.9 Å². The topological polar surface area (TPSA) is 126 Å².